The molecule has 0 N–H and O–H groups in total. The van der Waals surface area contributed by atoms with E-state index in [9.17, 15) is 9.59 Å². The van der Waals surface area contributed by atoms with Gasteiger partial charge < -0.3 is 9.64 Å². The van der Waals surface area contributed by atoms with Crippen LogP contribution in [0.4, 0.5) is 14.5 Å². The Kier molecular flexibility index (Phi) is 6.30. The van der Waals surface area contributed by atoms with Gasteiger partial charge >= 0.3 is 11.9 Å². The monoisotopic (exact) mass is 401 g/mol. The van der Waals surface area contributed by atoms with E-state index in [0.29, 0.717) is 29.8 Å². The molecule has 0 aromatic heterocycles. The molecule has 2 aromatic rings. The van der Waals surface area contributed by atoms with Gasteiger partial charge in [-0.1, -0.05) is 61.9 Å². The number of amides is 1. The van der Waals surface area contributed by atoms with E-state index in [-0.39, 0.29) is 6.61 Å². The van der Waals surface area contributed by atoms with E-state index in [4.69, 9.17) is 0 Å². The first-order chi connectivity index (χ1) is 13.9. The minimum atomic E-state index is -3.95. The molecule has 2 unspecified atom stereocenters. The van der Waals surface area contributed by atoms with Gasteiger partial charge in [0.25, 0.3) is 0 Å². The van der Waals surface area contributed by atoms with Crippen molar-refractivity contribution >= 4 is 17.6 Å². The summed E-state index contributed by atoms with van der Waals surface area (Å²) in [5, 5.41) is 0. The number of hydrogen-bond acceptors (Lipinski definition) is 3. The van der Waals surface area contributed by atoms with Crippen LogP contribution in [0.5, 0.6) is 0 Å². The Bertz CT molecular complexity index is 869. The molecule has 0 aliphatic carbocycles. The van der Waals surface area contributed by atoms with E-state index in [0.717, 1.165) is 6.42 Å². The van der Waals surface area contributed by atoms with Crippen LogP contribution in [-0.2, 0) is 14.3 Å². The second-order valence-corrected chi connectivity index (χ2v) is 7.11. The number of ether oxygens (including phenoxy) is 1. The van der Waals surface area contributed by atoms with Gasteiger partial charge in [-0.05, 0) is 30.5 Å². The van der Waals surface area contributed by atoms with Crippen molar-refractivity contribution in [3.05, 3.63) is 65.7 Å². The molecule has 4 nitrogen and oxygen atoms in total. The Hall–Kier alpha value is -2.76. The molecule has 2 aromatic carbocycles. The summed E-state index contributed by atoms with van der Waals surface area (Å²) in [7, 11) is 0. The van der Waals surface area contributed by atoms with E-state index >= 15 is 8.78 Å². The number of rotatable bonds is 7. The molecule has 154 valence electrons. The quantitative estimate of drug-likeness (QED) is 0.628. The zero-order valence-corrected chi connectivity index (χ0v) is 16.6. The van der Waals surface area contributed by atoms with Gasteiger partial charge in [0.2, 0.25) is 5.91 Å². The van der Waals surface area contributed by atoms with Crippen LogP contribution in [0.3, 0.4) is 0 Å². The van der Waals surface area contributed by atoms with Crippen LogP contribution in [0.25, 0.3) is 0 Å². The second kappa shape index (κ2) is 8.72. The van der Waals surface area contributed by atoms with Gasteiger partial charge in [0, 0.05) is 18.2 Å². The standard InChI is InChI=1S/C23H25F2NO3/c1-3-5-15-26-18-14-10-9-13-17(18)19(16-11-7-6-8-12-16)20(21(26)27)23(24,25)22(28)29-4-2/h6-14,19-20H,3-5,15H2,1-2H3. The Morgan fingerprint density at radius 3 is 2.38 bits per heavy atom. The zero-order chi connectivity index (χ0) is 21.0. The lowest BCUT2D eigenvalue weighted by molar-refractivity contribution is -0.183. The van der Waals surface area contributed by atoms with Crippen molar-refractivity contribution < 1.29 is 23.1 Å². The zero-order valence-electron chi connectivity index (χ0n) is 16.6. The molecule has 1 amide bonds. The topological polar surface area (TPSA) is 46.6 Å². The second-order valence-electron chi connectivity index (χ2n) is 7.11. The molecule has 1 heterocycles. The van der Waals surface area contributed by atoms with Crippen molar-refractivity contribution in [3.63, 3.8) is 0 Å². The molecule has 1 aliphatic rings. The molecule has 3 rings (SSSR count). The molecule has 29 heavy (non-hydrogen) atoms. The number of halogens is 2. The van der Waals surface area contributed by atoms with Gasteiger partial charge in [0.15, 0.2) is 0 Å². The predicted octanol–water partition coefficient (Wildman–Crippen LogP) is 4.78. The molecule has 0 saturated heterocycles. The fourth-order valence-corrected chi connectivity index (χ4v) is 3.90. The summed E-state index contributed by atoms with van der Waals surface area (Å²) < 4.78 is 35.3. The molecule has 0 fully saturated rings. The number of carbonyl (C=O) groups is 2. The van der Waals surface area contributed by atoms with Crippen LogP contribution in [0, 0.1) is 5.92 Å². The van der Waals surface area contributed by atoms with Crippen molar-refractivity contribution in [2.45, 2.75) is 38.5 Å². The molecule has 6 heteroatoms. The van der Waals surface area contributed by atoms with Crippen molar-refractivity contribution in [1.29, 1.82) is 0 Å². The third-order valence-corrected chi connectivity index (χ3v) is 5.26. The molecule has 0 spiro atoms. The number of anilines is 1. The Labute approximate surface area is 169 Å². The van der Waals surface area contributed by atoms with Gasteiger partial charge in [-0.15, -0.1) is 0 Å². The van der Waals surface area contributed by atoms with Gasteiger partial charge in [0.1, 0.15) is 5.92 Å². The molecule has 0 bridgehead atoms. The number of nitrogens with zero attached hydrogens (tertiary/aromatic N) is 1. The number of alkyl halides is 2. The third kappa shape index (κ3) is 3.88. The number of carbonyl (C=O) groups excluding carboxylic acids is 2. The fourth-order valence-electron chi connectivity index (χ4n) is 3.90. The number of para-hydroxylation sites is 1. The molecule has 0 radical (unpaired) electrons. The lowest BCUT2D eigenvalue weighted by atomic mass is 9.73. The van der Waals surface area contributed by atoms with E-state index in [2.05, 4.69) is 4.74 Å². The maximum Gasteiger partial charge on any atom is 0.377 e. The highest BCUT2D eigenvalue weighted by molar-refractivity contribution is 6.03. The molecular formula is C23H25F2NO3. The highest BCUT2D eigenvalue weighted by atomic mass is 19.3. The Morgan fingerprint density at radius 1 is 1.07 bits per heavy atom. The third-order valence-electron chi connectivity index (χ3n) is 5.26. The van der Waals surface area contributed by atoms with E-state index in [1.54, 1.807) is 54.6 Å². The average molecular weight is 401 g/mol. The summed E-state index contributed by atoms with van der Waals surface area (Å²) in [4.78, 5) is 26.9. The molecule has 0 saturated carbocycles. The lowest BCUT2D eigenvalue weighted by Crippen LogP contribution is -2.54. The Balaban J connectivity index is 2.20. The number of esters is 1. The van der Waals surface area contributed by atoms with Crippen molar-refractivity contribution in [1.82, 2.24) is 0 Å². The summed E-state index contributed by atoms with van der Waals surface area (Å²) >= 11 is 0. The first-order valence-corrected chi connectivity index (χ1v) is 9.93. The minimum absolute atomic E-state index is 0.179. The highest BCUT2D eigenvalue weighted by Gasteiger charge is 2.59. The first kappa shape index (κ1) is 21.0. The van der Waals surface area contributed by atoms with Crippen LogP contribution in [0.1, 0.15) is 43.7 Å². The highest BCUT2D eigenvalue weighted by Crippen LogP contribution is 2.49. The van der Waals surface area contributed by atoms with Gasteiger partial charge in [-0.2, -0.15) is 8.78 Å². The summed E-state index contributed by atoms with van der Waals surface area (Å²) in [6.07, 6.45) is 1.49. The van der Waals surface area contributed by atoms with Crippen LogP contribution >= 0.6 is 0 Å². The van der Waals surface area contributed by atoms with E-state index in [1.807, 2.05) is 6.92 Å². The summed E-state index contributed by atoms with van der Waals surface area (Å²) in [6.45, 7) is 3.58. The maximum absolute atomic E-state index is 15.3. The predicted molar refractivity (Wildman–Crippen MR) is 107 cm³/mol. The summed E-state index contributed by atoms with van der Waals surface area (Å²) in [6, 6.07) is 15.8. The minimum Gasteiger partial charge on any atom is -0.462 e. The largest absolute Gasteiger partial charge is 0.462 e. The van der Waals surface area contributed by atoms with Crippen LogP contribution < -0.4 is 4.90 Å². The number of hydrogen-bond donors (Lipinski definition) is 0. The smallest absolute Gasteiger partial charge is 0.377 e. The van der Waals surface area contributed by atoms with Crippen LogP contribution in [0.2, 0.25) is 0 Å². The maximum atomic E-state index is 15.3. The van der Waals surface area contributed by atoms with Crippen LogP contribution in [-0.4, -0.2) is 31.0 Å². The van der Waals surface area contributed by atoms with Crippen molar-refractivity contribution in [2.75, 3.05) is 18.1 Å². The lowest BCUT2D eigenvalue weighted by Gasteiger charge is -2.41. The SMILES string of the molecule is CCCCN1C(=O)C(C(F)(F)C(=O)OCC)C(c2ccccc2)c2ccccc21. The summed E-state index contributed by atoms with van der Waals surface area (Å²) in [5.41, 5.74) is 1.80. The van der Waals surface area contributed by atoms with Crippen molar-refractivity contribution in [2.24, 2.45) is 5.92 Å². The van der Waals surface area contributed by atoms with Gasteiger partial charge in [-0.25, -0.2) is 4.79 Å². The fraction of sp³-hybridized carbons (Fsp3) is 0.391. The van der Waals surface area contributed by atoms with Gasteiger partial charge in [-0.3, -0.25) is 4.79 Å². The summed E-state index contributed by atoms with van der Waals surface area (Å²) in [5.74, 6) is -9.17. The average Bonchev–Trinajstić information content (AvgIpc) is 2.73. The van der Waals surface area contributed by atoms with Gasteiger partial charge in [0.05, 0.1) is 6.61 Å². The first-order valence-electron chi connectivity index (χ1n) is 9.93. The normalized spacial score (nSPS) is 19.0. The number of benzene rings is 2. The van der Waals surface area contributed by atoms with E-state index < -0.39 is 29.6 Å². The van der Waals surface area contributed by atoms with E-state index in [1.165, 1.54) is 11.8 Å². The molecule has 2 atom stereocenters. The Morgan fingerprint density at radius 2 is 1.72 bits per heavy atom. The number of unbranched alkanes of at least 4 members (excludes halogenated alkanes) is 1. The number of fused-ring (bicyclic) bond motifs is 1. The molecule has 1 aliphatic heterocycles. The van der Waals surface area contributed by atoms with Crippen LogP contribution in [0.15, 0.2) is 54.6 Å². The molecular weight excluding hydrogens is 376 g/mol. The van der Waals surface area contributed by atoms with Crippen molar-refractivity contribution in [3.8, 4) is 0 Å².